The van der Waals surface area contributed by atoms with Crippen LogP contribution in [0.2, 0.25) is 5.02 Å². The van der Waals surface area contributed by atoms with Crippen LogP contribution >= 0.6 is 11.6 Å². The fourth-order valence-electron chi connectivity index (χ4n) is 3.43. The van der Waals surface area contributed by atoms with Crippen molar-refractivity contribution in [2.45, 2.75) is 51.6 Å². The van der Waals surface area contributed by atoms with Crippen LogP contribution in [0.3, 0.4) is 0 Å². The summed E-state index contributed by atoms with van der Waals surface area (Å²) < 4.78 is 0. The maximum absolute atomic E-state index is 6.00. The van der Waals surface area contributed by atoms with Crippen molar-refractivity contribution in [1.82, 2.24) is 5.32 Å². The molecule has 0 saturated heterocycles. The fraction of sp³-hybridized carbons (Fsp3) is 0.647. The van der Waals surface area contributed by atoms with E-state index in [1.165, 1.54) is 31.2 Å². The molecule has 2 aliphatic carbocycles. The third-order valence-corrected chi connectivity index (χ3v) is 5.43. The number of benzene rings is 1. The molecule has 0 aliphatic heterocycles. The van der Waals surface area contributed by atoms with E-state index in [2.05, 4.69) is 31.3 Å². The van der Waals surface area contributed by atoms with Gasteiger partial charge >= 0.3 is 0 Å². The van der Waals surface area contributed by atoms with Crippen LogP contribution in [0.4, 0.5) is 0 Å². The van der Waals surface area contributed by atoms with Crippen molar-refractivity contribution in [3.05, 3.63) is 34.9 Å². The van der Waals surface area contributed by atoms with Gasteiger partial charge in [0, 0.05) is 17.1 Å². The summed E-state index contributed by atoms with van der Waals surface area (Å²) in [5, 5.41) is 4.79. The molecule has 4 atom stereocenters. The summed E-state index contributed by atoms with van der Waals surface area (Å²) in [4.78, 5) is 0. The molecule has 0 spiro atoms. The second-order valence-corrected chi connectivity index (χ2v) is 6.99. The molecule has 1 aromatic carbocycles. The lowest BCUT2D eigenvalue weighted by atomic mass is 9.95. The number of nitrogens with one attached hydrogen (secondary N) is 1. The zero-order chi connectivity index (χ0) is 13.4. The Hall–Kier alpha value is -0.530. The van der Waals surface area contributed by atoms with E-state index in [0.29, 0.717) is 12.1 Å². The van der Waals surface area contributed by atoms with Crippen LogP contribution in [0.25, 0.3) is 0 Å². The van der Waals surface area contributed by atoms with Crippen LogP contribution in [0.5, 0.6) is 0 Å². The molecule has 1 nitrogen and oxygen atoms in total. The minimum Gasteiger partial charge on any atom is -0.307 e. The zero-order valence-electron chi connectivity index (χ0n) is 11.9. The molecule has 0 aromatic heterocycles. The maximum atomic E-state index is 6.00. The van der Waals surface area contributed by atoms with Crippen molar-refractivity contribution in [3.63, 3.8) is 0 Å². The highest BCUT2D eigenvalue weighted by Crippen LogP contribution is 2.43. The van der Waals surface area contributed by atoms with Crippen LogP contribution < -0.4 is 5.32 Å². The van der Waals surface area contributed by atoms with Gasteiger partial charge in [-0.25, -0.2) is 0 Å². The molecule has 1 N–H and O–H groups in total. The van der Waals surface area contributed by atoms with Gasteiger partial charge in [-0.2, -0.15) is 0 Å². The van der Waals surface area contributed by atoms with Gasteiger partial charge in [0.05, 0.1) is 0 Å². The van der Waals surface area contributed by atoms with E-state index in [4.69, 9.17) is 11.6 Å². The maximum Gasteiger partial charge on any atom is 0.0406 e. The van der Waals surface area contributed by atoms with Crippen molar-refractivity contribution in [2.24, 2.45) is 17.8 Å². The standard InChI is InChI=1S/C17H24ClN/c1-11-3-10-16(12(11)2)19-17(13-4-5-13)14-6-8-15(18)9-7-14/h6-9,11-13,16-17,19H,3-5,10H2,1-2H3. The van der Waals surface area contributed by atoms with Crippen molar-refractivity contribution in [2.75, 3.05) is 0 Å². The molecule has 4 unspecified atom stereocenters. The summed E-state index contributed by atoms with van der Waals surface area (Å²) in [5.74, 6) is 2.50. The number of rotatable bonds is 4. The summed E-state index contributed by atoms with van der Waals surface area (Å²) in [5.41, 5.74) is 1.42. The van der Waals surface area contributed by atoms with Gasteiger partial charge < -0.3 is 5.32 Å². The average molecular weight is 278 g/mol. The van der Waals surface area contributed by atoms with E-state index in [0.717, 1.165) is 22.8 Å². The summed E-state index contributed by atoms with van der Waals surface area (Å²) in [7, 11) is 0. The molecule has 0 heterocycles. The van der Waals surface area contributed by atoms with Gasteiger partial charge in [0.2, 0.25) is 0 Å². The topological polar surface area (TPSA) is 12.0 Å². The highest BCUT2D eigenvalue weighted by atomic mass is 35.5. The van der Waals surface area contributed by atoms with Gasteiger partial charge in [-0.3, -0.25) is 0 Å². The minimum absolute atomic E-state index is 0.537. The van der Waals surface area contributed by atoms with Crippen molar-refractivity contribution in [1.29, 1.82) is 0 Å². The number of hydrogen-bond acceptors (Lipinski definition) is 1. The average Bonchev–Trinajstić information content (AvgIpc) is 3.19. The first-order chi connectivity index (χ1) is 9.15. The first kappa shape index (κ1) is 13.5. The zero-order valence-corrected chi connectivity index (χ0v) is 12.7. The third-order valence-electron chi connectivity index (χ3n) is 5.18. The molecule has 0 radical (unpaired) electrons. The Morgan fingerprint density at radius 2 is 1.74 bits per heavy atom. The SMILES string of the molecule is CC1CCC(NC(c2ccc(Cl)cc2)C2CC2)C1C. The van der Waals surface area contributed by atoms with Gasteiger partial charge in [0.1, 0.15) is 0 Å². The van der Waals surface area contributed by atoms with Gasteiger partial charge in [-0.15, -0.1) is 0 Å². The summed E-state index contributed by atoms with van der Waals surface area (Å²) in [6.07, 6.45) is 5.45. The molecule has 2 fully saturated rings. The van der Waals surface area contributed by atoms with Crippen LogP contribution in [0.1, 0.15) is 51.1 Å². The second kappa shape index (κ2) is 5.46. The predicted octanol–water partition coefficient (Wildman–Crippen LogP) is 4.82. The highest BCUT2D eigenvalue weighted by Gasteiger charge is 2.37. The van der Waals surface area contributed by atoms with Gasteiger partial charge in [0.15, 0.2) is 0 Å². The second-order valence-electron chi connectivity index (χ2n) is 6.55. The molecule has 2 heteroatoms. The van der Waals surface area contributed by atoms with Crippen molar-refractivity contribution < 1.29 is 0 Å². The van der Waals surface area contributed by atoms with Crippen molar-refractivity contribution >= 4 is 11.6 Å². The normalized spacial score (nSPS) is 32.5. The fourth-order valence-corrected chi connectivity index (χ4v) is 3.56. The van der Waals surface area contributed by atoms with E-state index in [1.54, 1.807) is 0 Å². The Morgan fingerprint density at radius 3 is 2.26 bits per heavy atom. The smallest absolute Gasteiger partial charge is 0.0406 e. The first-order valence-electron chi connectivity index (χ1n) is 7.66. The molecular weight excluding hydrogens is 254 g/mol. The largest absolute Gasteiger partial charge is 0.307 e. The van der Waals surface area contributed by atoms with Gasteiger partial charge in [-0.1, -0.05) is 37.6 Å². The van der Waals surface area contributed by atoms with Gasteiger partial charge in [0.25, 0.3) is 0 Å². The lowest BCUT2D eigenvalue weighted by Crippen LogP contribution is -2.36. The third kappa shape index (κ3) is 2.98. The summed E-state index contributed by atoms with van der Waals surface area (Å²) in [6.45, 7) is 4.79. The van der Waals surface area contributed by atoms with E-state index >= 15 is 0 Å². The first-order valence-corrected chi connectivity index (χ1v) is 8.04. The van der Waals surface area contributed by atoms with Crippen LogP contribution in [-0.4, -0.2) is 6.04 Å². The molecule has 2 saturated carbocycles. The quantitative estimate of drug-likeness (QED) is 0.832. The van der Waals surface area contributed by atoms with Crippen LogP contribution in [0.15, 0.2) is 24.3 Å². The Kier molecular flexibility index (Phi) is 3.86. The Balaban J connectivity index is 1.73. The van der Waals surface area contributed by atoms with E-state index in [9.17, 15) is 0 Å². The Morgan fingerprint density at radius 1 is 1.05 bits per heavy atom. The monoisotopic (exact) mass is 277 g/mol. The van der Waals surface area contributed by atoms with E-state index in [1.807, 2.05) is 12.1 Å². The molecule has 2 aliphatic rings. The van der Waals surface area contributed by atoms with E-state index < -0.39 is 0 Å². The molecule has 19 heavy (non-hydrogen) atoms. The summed E-state index contributed by atoms with van der Waals surface area (Å²) in [6, 6.07) is 9.66. The number of halogens is 1. The van der Waals surface area contributed by atoms with Crippen LogP contribution in [-0.2, 0) is 0 Å². The van der Waals surface area contributed by atoms with Gasteiger partial charge in [-0.05, 0) is 61.1 Å². The molecule has 3 rings (SSSR count). The Bertz CT molecular complexity index is 423. The Labute approximate surface area is 121 Å². The minimum atomic E-state index is 0.537. The highest BCUT2D eigenvalue weighted by molar-refractivity contribution is 6.30. The van der Waals surface area contributed by atoms with Crippen molar-refractivity contribution in [3.8, 4) is 0 Å². The van der Waals surface area contributed by atoms with E-state index in [-0.39, 0.29) is 0 Å². The predicted molar refractivity (Wildman–Crippen MR) is 81.4 cm³/mol. The molecule has 0 bridgehead atoms. The molecule has 1 aromatic rings. The molecular formula is C17H24ClN. The lowest BCUT2D eigenvalue weighted by Gasteiger charge is -2.27. The van der Waals surface area contributed by atoms with Crippen LogP contribution in [0, 0.1) is 17.8 Å². The summed E-state index contributed by atoms with van der Waals surface area (Å²) >= 11 is 6.00. The number of hydrogen-bond donors (Lipinski definition) is 1. The molecule has 0 amide bonds. The molecule has 104 valence electrons. The lowest BCUT2D eigenvalue weighted by molar-refractivity contribution is 0.324.